The van der Waals surface area contributed by atoms with E-state index in [4.69, 9.17) is 4.74 Å². The van der Waals surface area contributed by atoms with E-state index >= 15 is 0 Å². The maximum Gasteiger partial charge on any atom is 0.511 e. The first kappa shape index (κ1) is 37.0. The minimum Gasteiger partial charge on any atom is -0.486 e. The number of benzene rings is 2. The Morgan fingerprint density at radius 1 is 0.935 bits per heavy atom. The lowest BCUT2D eigenvalue weighted by molar-refractivity contribution is -0.242. The van der Waals surface area contributed by atoms with Crippen LogP contribution >= 0.6 is 0 Å². The number of rotatable bonds is 8. The van der Waals surface area contributed by atoms with Crippen molar-refractivity contribution in [1.82, 2.24) is 4.72 Å². The Labute approximate surface area is 256 Å². The highest BCUT2D eigenvalue weighted by Crippen LogP contribution is 2.41. The van der Waals surface area contributed by atoms with E-state index in [2.05, 4.69) is 4.74 Å². The Kier molecular flexibility index (Phi) is 9.62. The fraction of sp³-hybridized carbons (Fsp3) is 0.480. The van der Waals surface area contributed by atoms with Crippen LogP contribution in [0.3, 0.4) is 0 Å². The zero-order valence-electron chi connectivity index (χ0n) is 24.1. The number of fused-ring (bicyclic) bond motifs is 1. The van der Waals surface area contributed by atoms with Crippen LogP contribution in [0.25, 0.3) is 0 Å². The van der Waals surface area contributed by atoms with E-state index in [0.29, 0.717) is 30.3 Å². The van der Waals surface area contributed by atoms with Gasteiger partial charge in [-0.2, -0.15) is 39.5 Å². The molecule has 0 aliphatic carbocycles. The normalized spacial score (nSPS) is 16.8. The molecule has 1 heterocycles. The highest BCUT2D eigenvalue weighted by atomic mass is 32.2. The Hall–Kier alpha value is -3.46. The summed E-state index contributed by atoms with van der Waals surface area (Å²) in [5.74, 6) is -0.337. The lowest BCUT2D eigenvalue weighted by Gasteiger charge is -2.39. The molecule has 0 spiro atoms. The van der Waals surface area contributed by atoms with Crippen LogP contribution in [0.1, 0.15) is 39.7 Å². The monoisotopic (exact) mass is 715 g/mol. The molecule has 46 heavy (non-hydrogen) atoms. The molecule has 2 aromatic rings. The predicted molar refractivity (Wildman–Crippen MR) is 144 cm³/mol. The van der Waals surface area contributed by atoms with Crippen molar-refractivity contribution in [2.45, 2.75) is 74.1 Å². The summed E-state index contributed by atoms with van der Waals surface area (Å²) in [6.45, 7) is 2.42. The predicted octanol–water partition coefficient (Wildman–Crippen LogP) is 6.16. The summed E-state index contributed by atoms with van der Waals surface area (Å²) in [5.41, 5.74) is -12.7. The van der Waals surface area contributed by atoms with Crippen molar-refractivity contribution >= 4 is 37.5 Å². The molecule has 10 nitrogen and oxygen atoms in total. The third-order valence-corrected chi connectivity index (χ3v) is 9.58. The summed E-state index contributed by atoms with van der Waals surface area (Å²) >= 11 is 0. The van der Waals surface area contributed by atoms with Crippen LogP contribution in [0.2, 0.25) is 0 Å². The Morgan fingerprint density at radius 2 is 1.54 bits per heavy atom. The number of alkyl halides is 9. The number of hydrogen-bond acceptors (Lipinski definition) is 7. The van der Waals surface area contributed by atoms with Gasteiger partial charge in [0, 0.05) is 17.6 Å². The van der Waals surface area contributed by atoms with Gasteiger partial charge >= 0.3 is 34.0 Å². The molecule has 258 valence electrons. The van der Waals surface area contributed by atoms with Crippen molar-refractivity contribution in [3.05, 3.63) is 48.0 Å². The van der Waals surface area contributed by atoms with E-state index in [9.17, 15) is 61.1 Å². The Balaban J connectivity index is 2.05. The van der Waals surface area contributed by atoms with Gasteiger partial charge in [-0.15, -0.1) is 0 Å². The maximum atomic E-state index is 13.7. The quantitative estimate of drug-likeness (QED) is 0.313. The van der Waals surface area contributed by atoms with Crippen molar-refractivity contribution in [2.24, 2.45) is 0 Å². The molecule has 3 rings (SSSR count). The van der Waals surface area contributed by atoms with Gasteiger partial charge < -0.3 is 9.47 Å². The molecule has 1 aliphatic heterocycles. The van der Waals surface area contributed by atoms with Crippen LogP contribution in [0, 0.1) is 0 Å². The van der Waals surface area contributed by atoms with Crippen molar-refractivity contribution in [3.8, 4) is 5.75 Å². The first-order chi connectivity index (χ1) is 20.6. The van der Waals surface area contributed by atoms with Gasteiger partial charge in [-0.1, -0.05) is 6.07 Å². The minimum absolute atomic E-state index is 0.319. The number of hydrogen-bond donors (Lipinski definition) is 2. The molecule has 1 amide bonds. The second-order valence-electron chi connectivity index (χ2n) is 11.1. The lowest BCUT2D eigenvalue weighted by atomic mass is 9.97. The van der Waals surface area contributed by atoms with Crippen LogP contribution in [0.5, 0.6) is 5.75 Å². The van der Waals surface area contributed by atoms with Crippen LogP contribution in [0.4, 0.5) is 55.7 Å². The van der Waals surface area contributed by atoms with Crippen LogP contribution in [-0.4, -0.2) is 58.4 Å². The van der Waals surface area contributed by atoms with Gasteiger partial charge in [0.25, 0.3) is 10.0 Å². The van der Waals surface area contributed by atoms with Crippen LogP contribution < -0.4 is 19.1 Å². The molecule has 0 saturated carbocycles. The zero-order chi connectivity index (χ0) is 35.3. The second kappa shape index (κ2) is 12.0. The van der Waals surface area contributed by atoms with Gasteiger partial charge in [-0.25, -0.2) is 26.4 Å². The van der Waals surface area contributed by atoms with Gasteiger partial charge in [0.2, 0.25) is 5.60 Å². The second-order valence-corrected chi connectivity index (χ2v) is 14.7. The van der Waals surface area contributed by atoms with E-state index in [0.717, 1.165) is 44.2 Å². The Morgan fingerprint density at radius 3 is 2.09 bits per heavy atom. The first-order valence-corrected chi connectivity index (χ1v) is 15.7. The number of nitrogens with one attached hydrogen (secondary N) is 2. The summed E-state index contributed by atoms with van der Waals surface area (Å²) in [5, 5.41) is 1.98. The summed E-state index contributed by atoms with van der Waals surface area (Å²) < 4.78 is 182. The molecule has 21 heteroatoms. The zero-order valence-corrected chi connectivity index (χ0v) is 25.7. The van der Waals surface area contributed by atoms with E-state index in [1.54, 1.807) is 0 Å². The molecule has 0 fully saturated rings. The summed E-state index contributed by atoms with van der Waals surface area (Å²) in [6.07, 6.45) is -13.5. The smallest absolute Gasteiger partial charge is 0.486 e. The number of amides is 1. The standard InChI is InChI=1S/C25H26F9N3O7S2/c1-21(2,36-46(41,42)25(32,33)34)12-16-13-37(45(39,40)17-7-5-6-14(10-17)23(26,27)28)18-11-15(8-9-19(18)43-16)35-20(38)44-22(3,4)24(29,30)31/h5-11,16,36H,12-13H2,1-4H3,(H,35,38)/t16-/m0/s1. The number of carbonyl (C=O) groups is 1. The van der Waals surface area contributed by atoms with E-state index in [-0.39, 0.29) is 11.4 Å². The largest absolute Gasteiger partial charge is 0.511 e. The maximum absolute atomic E-state index is 13.7. The minimum atomic E-state index is -5.88. The van der Waals surface area contributed by atoms with E-state index < -0.39 is 90.4 Å². The number of ether oxygens (including phenoxy) is 2. The third kappa shape index (κ3) is 8.27. The van der Waals surface area contributed by atoms with Crippen molar-refractivity contribution < 1.29 is 70.6 Å². The molecule has 0 saturated heterocycles. The van der Waals surface area contributed by atoms with Crippen molar-refractivity contribution in [3.63, 3.8) is 0 Å². The topological polar surface area (TPSA) is 131 Å². The molecule has 2 N–H and O–H groups in total. The van der Waals surface area contributed by atoms with Crippen molar-refractivity contribution in [2.75, 3.05) is 16.2 Å². The molecule has 0 bridgehead atoms. The van der Waals surface area contributed by atoms with Gasteiger partial charge in [-0.3, -0.25) is 9.62 Å². The van der Waals surface area contributed by atoms with Gasteiger partial charge in [0.15, 0.2) is 0 Å². The fourth-order valence-electron chi connectivity index (χ4n) is 4.15. The SMILES string of the molecule is CC(C)(C[C@H]1CN(S(=O)(=O)c2cccc(C(F)(F)F)c2)c2cc(NC(=O)OC(C)(C)C(F)(F)F)ccc2O1)NS(=O)(=O)C(F)(F)F. The molecule has 0 radical (unpaired) electrons. The molecule has 0 unspecified atom stereocenters. The molecule has 0 aromatic heterocycles. The highest BCUT2D eigenvalue weighted by Gasteiger charge is 2.51. The van der Waals surface area contributed by atoms with Gasteiger partial charge in [0.1, 0.15) is 11.9 Å². The average molecular weight is 716 g/mol. The average Bonchev–Trinajstić information content (AvgIpc) is 2.85. The van der Waals surface area contributed by atoms with E-state index in [1.165, 1.54) is 4.72 Å². The highest BCUT2D eigenvalue weighted by molar-refractivity contribution is 7.92. The molecular weight excluding hydrogens is 689 g/mol. The van der Waals surface area contributed by atoms with E-state index in [1.807, 2.05) is 5.32 Å². The number of sulfonamides is 2. The first-order valence-electron chi connectivity index (χ1n) is 12.7. The summed E-state index contributed by atoms with van der Waals surface area (Å²) in [4.78, 5) is 11.3. The van der Waals surface area contributed by atoms with Crippen LogP contribution in [-0.2, 0) is 31.0 Å². The molecular formula is C25H26F9N3O7S2. The van der Waals surface area contributed by atoms with Gasteiger partial charge in [0.05, 0.1) is 22.7 Å². The molecule has 1 atom stereocenters. The number of halogens is 9. The number of nitrogens with zero attached hydrogens (tertiary/aromatic N) is 1. The molecule has 1 aliphatic rings. The van der Waals surface area contributed by atoms with Crippen molar-refractivity contribution in [1.29, 1.82) is 0 Å². The Bertz CT molecular complexity index is 1690. The fourth-order valence-corrected chi connectivity index (χ4v) is 6.62. The summed E-state index contributed by atoms with van der Waals surface area (Å²) in [6, 6.07) is 5.51. The number of anilines is 2. The number of carbonyl (C=O) groups excluding carboxylic acids is 1. The third-order valence-electron chi connectivity index (χ3n) is 6.37. The molecule has 2 aromatic carbocycles. The van der Waals surface area contributed by atoms with Gasteiger partial charge in [-0.05, 0) is 64.1 Å². The van der Waals surface area contributed by atoms with Crippen LogP contribution in [0.15, 0.2) is 47.4 Å². The lowest BCUT2D eigenvalue weighted by Crippen LogP contribution is -2.53. The summed E-state index contributed by atoms with van der Waals surface area (Å²) in [7, 11) is -10.8.